The smallest absolute Gasteiger partial charge is 0.326 e. The first kappa shape index (κ1) is 17.3. The van der Waals surface area contributed by atoms with E-state index in [-0.39, 0.29) is 0 Å². The van der Waals surface area contributed by atoms with Gasteiger partial charge in [-0.3, -0.25) is 9.48 Å². The zero-order valence-electron chi connectivity index (χ0n) is 12.7. The molecule has 0 aliphatic carbocycles. The van der Waals surface area contributed by atoms with Crippen LogP contribution in [-0.4, -0.2) is 44.8 Å². The van der Waals surface area contributed by atoms with Crippen LogP contribution in [0, 0.1) is 13.8 Å². The number of aromatic nitrogens is 2. The van der Waals surface area contributed by atoms with Gasteiger partial charge in [-0.15, -0.1) is 0 Å². The van der Waals surface area contributed by atoms with Gasteiger partial charge in [-0.05, 0) is 38.4 Å². The van der Waals surface area contributed by atoms with Crippen molar-refractivity contribution in [2.75, 3.05) is 12.0 Å². The molecule has 1 amide bonds. The van der Waals surface area contributed by atoms with Gasteiger partial charge in [0.25, 0.3) is 0 Å². The van der Waals surface area contributed by atoms with E-state index in [4.69, 9.17) is 5.11 Å². The number of carbonyl (C=O) groups excluding carboxylic acids is 1. The largest absolute Gasteiger partial charge is 0.480 e. The first-order valence-corrected chi connectivity index (χ1v) is 7.96. The minimum Gasteiger partial charge on any atom is -0.480 e. The lowest BCUT2D eigenvalue weighted by Crippen LogP contribution is -2.40. The van der Waals surface area contributed by atoms with Crippen molar-refractivity contribution < 1.29 is 14.7 Å². The third-order valence-corrected chi connectivity index (χ3v) is 3.84. The lowest BCUT2D eigenvalue weighted by Gasteiger charge is -2.12. The topological polar surface area (TPSA) is 84.2 Å². The fraction of sp³-hybridized carbons (Fsp3) is 0.500. The van der Waals surface area contributed by atoms with Gasteiger partial charge in [0.05, 0.1) is 5.69 Å². The van der Waals surface area contributed by atoms with Crippen molar-refractivity contribution in [1.29, 1.82) is 0 Å². The standard InChI is InChI=1S/C14H21N3O3S/c1-9-11(10(2)17(3)16-9)5-6-13(18)15-12(14(19)20)7-8-21-4/h5-6,12H,7-8H2,1-4H3,(H,15,18)(H,19,20)/b6-5+/t12-/m0/s1. The summed E-state index contributed by atoms with van der Waals surface area (Å²) in [4.78, 5) is 22.9. The molecule has 7 heteroatoms. The Balaban J connectivity index is 2.71. The van der Waals surface area contributed by atoms with Gasteiger partial charge < -0.3 is 10.4 Å². The molecule has 0 bridgehead atoms. The number of aliphatic carboxylic acids is 1. The minimum atomic E-state index is -1.01. The van der Waals surface area contributed by atoms with E-state index in [1.165, 1.54) is 6.08 Å². The average molecular weight is 311 g/mol. The van der Waals surface area contributed by atoms with Crippen molar-refractivity contribution in [2.45, 2.75) is 26.3 Å². The van der Waals surface area contributed by atoms with E-state index in [2.05, 4.69) is 10.4 Å². The van der Waals surface area contributed by atoms with Crippen LogP contribution in [-0.2, 0) is 16.6 Å². The van der Waals surface area contributed by atoms with E-state index in [0.717, 1.165) is 17.0 Å². The fourth-order valence-electron chi connectivity index (χ4n) is 1.90. The molecular formula is C14H21N3O3S. The lowest BCUT2D eigenvalue weighted by atomic mass is 10.1. The van der Waals surface area contributed by atoms with E-state index in [1.54, 1.807) is 22.5 Å². The Morgan fingerprint density at radius 2 is 2.14 bits per heavy atom. The minimum absolute atomic E-state index is 0.404. The van der Waals surface area contributed by atoms with E-state index >= 15 is 0 Å². The van der Waals surface area contributed by atoms with Crippen molar-refractivity contribution >= 4 is 29.7 Å². The number of hydrogen-bond donors (Lipinski definition) is 2. The van der Waals surface area contributed by atoms with Gasteiger partial charge in [0.15, 0.2) is 0 Å². The molecule has 0 spiro atoms. The van der Waals surface area contributed by atoms with Gasteiger partial charge in [-0.25, -0.2) is 4.79 Å². The second kappa shape index (κ2) is 7.87. The summed E-state index contributed by atoms with van der Waals surface area (Å²) in [6.07, 6.45) is 5.32. The second-order valence-electron chi connectivity index (χ2n) is 4.72. The van der Waals surface area contributed by atoms with Gasteiger partial charge in [-0.1, -0.05) is 0 Å². The molecule has 1 atom stereocenters. The highest BCUT2D eigenvalue weighted by Gasteiger charge is 2.18. The molecule has 1 aromatic rings. The van der Waals surface area contributed by atoms with Crippen LogP contribution in [0.1, 0.15) is 23.4 Å². The number of thioether (sulfide) groups is 1. The summed E-state index contributed by atoms with van der Waals surface area (Å²) < 4.78 is 1.74. The molecule has 0 fully saturated rings. The quantitative estimate of drug-likeness (QED) is 0.743. The lowest BCUT2D eigenvalue weighted by molar-refractivity contribution is -0.141. The maximum atomic E-state index is 11.8. The van der Waals surface area contributed by atoms with E-state index in [1.807, 2.05) is 27.2 Å². The van der Waals surface area contributed by atoms with Crippen molar-refractivity contribution in [2.24, 2.45) is 7.05 Å². The molecule has 0 saturated carbocycles. The third kappa shape index (κ3) is 4.93. The van der Waals surface area contributed by atoms with Crippen LogP contribution >= 0.6 is 11.8 Å². The number of carboxylic acids is 1. The Morgan fingerprint density at radius 1 is 1.48 bits per heavy atom. The van der Waals surface area contributed by atoms with Crippen LogP contribution in [0.25, 0.3) is 6.08 Å². The summed E-state index contributed by atoms with van der Waals surface area (Å²) in [6.45, 7) is 3.78. The molecule has 116 valence electrons. The first-order chi connectivity index (χ1) is 9.86. The Hall–Kier alpha value is -1.76. The molecule has 1 heterocycles. The second-order valence-corrected chi connectivity index (χ2v) is 5.71. The molecular weight excluding hydrogens is 290 g/mol. The zero-order valence-corrected chi connectivity index (χ0v) is 13.5. The molecule has 0 aliphatic heterocycles. The van der Waals surface area contributed by atoms with Crippen molar-refractivity contribution in [3.63, 3.8) is 0 Å². The van der Waals surface area contributed by atoms with E-state index in [9.17, 15) is 9.59 Å². The highest BCUT2D eigenvalue weighted by atomic mass is 32.2. The molecule has 0 unspecified atom stereocenters. The van der Waals surface area contributed by atoms with Crippen LogP contribution < -0.4 is 5.32 Å². The van der Waals surface area contributed by atoms with Gasteiger partial charge in [0.2, 0.25) is 5.91 Å². The Morgan fingerprint density at radius 3 is 2.62 bits per heavy atom. The Bertz CT molecular complexity index is 552. The van der Waals surface area contributed by atoms with Crippen LogP contribution in [0.4, 0.5) is 0 Å². The summed E-state index contributed by atoms with van der Waals surface area (Å²) >= 11 is 1.55. The molecule has 2 N–H and O–H groups in total. The highest BCUT2D eigenvalue weighted by molar-refractivity contribution is 7.98. The number of carboxylic acid groups (broad SMARTS) is 1. The number of nitrogens with zero attached hydrogens (tertiary/aromatic N) is 2. The monoisotopic (exact) mass is 311 g/mol. The Labute approximate surface area is 128 Å². The molecule has 1 rings (SSSR count). The summed E-state index contributed by atoms with van der Waals surface area (Å²) in [5, 5.41) is 15.8. The number of rotatable bonds is 7. The summed E-state index contributed by atoms with van der Waals surface area (Å²) in [5.41, 5.74) is 2.66. The third-order valence-electron chi connectivity index (χ3n) is 3.19. The molecule has 0 saturated heterocycles. The van der Waals surface area contributed by atoms with Crippen molar-refractivity contribution in [1.82, 2.24) is 15.1 Å². The maximum Gasteiger partial charge on any atom is 0.326 e. The van der Waals surface area contributed by atoms with Gasteiger partial charge in [-0.2, -0.15) is 16.9 Å². The fourth-order valence-corrected chi connectivity index (χ4v) is 2.37. The molecule has 0 aliphatic rings. The molecule has 0 aromatic carbocycles. The van der Waals surface area contributed by atoms with E-state index in [0.29, 0.717) is 12.2 Å². The van der Waals surface area contributed by atoms with Crippen LogP contribution in [0.5, 0.6) is 0 Å². The first-order valence-electron chi connectivity index (χ1n) is 6.57. The SMILES string of the molecule is CSCC[C@H](NC(=O)/C=C/c1c(C)nn(C)c1C)C(=O)O. The number of carbonyl (C=O) groups is 2. The number of aryl methyl sites for hydroxylation is 2. The van der Waals surface area contributed by atoms with Crippen molar-refractivity contribution in [3.05, 3.63) is 23.0 Å². The molecule has 0 radical (unpaired) electrons. The number of hydrogen-bond acceptors (Lipinski definition) is 4. The highest BCUT2D eigenvalue weighted by Crippen LogP contribution is 2.13. The normalized spacial score (nSPS) is 12.6. The summed E-state index contributed by atoms with van der Waals surface area (Å²) in [7, 11) is 1.84. The van der Waals surface area contributed by atoms with Crippen LogP contribution in [0.15, 0.2) is 6.08 Å². The maximum absolute atomic E-state index is 11.8. The molecule has 6 nitrogen and oxygen atoms in total. The summed E-state index contributed by atoms with van der Waals surface area (Å²) in [6, 6.07) is -0.856. The average Bonchev–Trinajstić information content (AvgIpc) is 2.66. The summed E-state index contributed by atoms with van der Waals surface area (Å²) in [5.74, 6) is -0.743. The molecule has 1 aromatic heterocycles. The van der Waals surface area contributed by atoms with Gasteiger partial charge in [0, 0.05) is 24.4 Å². The van der Waals surface area contributed by atoms with Gasteiger partial charge >= 0.3 is 5.97 Å². The van der Waals surface area contributed by atoms with Crippen LogP contribution in [0.2, 0.25) is 0 Å². The predicted octanol–water partition coefficient (Wildman–Crippen LogP) is 1.37. The Kier molecular flexibility index (Phi) is 6.48. The van der Waals surface area contributed by atoms with Crippen molar-refractivity contribution in [3.8, 4) is 0 Å². The number of nitrogens with one attached hydrogen (secondary N) is 1. The number of amides is 1. The van der Waals surface area contributed by atoms with E-state index < -0.39 is 17.9 Å². The van der Waals surface area contributed by atoms with Gasteiger partial charge in [0.1, 0.15) is 6.04 Å². The zero-order chi connectivity index (χ0) is 16.0. The molecule has 21 heavy (non-hydrogen) atoms. The predicted molar refractivity (Wildman–Crippen MR) is 84.3 cm³/mol. The van der Waals surface area contributed by atoms with Crippen LogP contribution in [0.3, 0.4) is 0 Å².